The summed E-state index contributed by atoms with van der Waals surface area (Å²) >= 11 is 0. The molecule has 0 spiro atoms. The molecule has 8 nitrogen and oxygen atoms in total. The third-order valence-corrected chi connectivity index (χ3v) is 6.75. The smallest absolute Gasteiger partial charge is 0.253 e. The van der Waals surface area contributed by atoms with Crippen LogP contribution < -0.4 is 15.6 Å². The Bertz CT molecular complexity index is 1040. The summed E-state index contributed by atoms with van der Waals surface area (Å²) in [6.07, 6.45) is 5.97. The zero-order valence-electron chi connectivity index (χ0n) is 17.3. The summed E-state index contributed by atoms with van der Waals surface area (Å²) in [5, 5.41) is 2.72. The van der Waals surface area contributed by atoms with Gasteiger partial charge in [0.05, 0.1) is 16.9 Å². The molecule has 30 heavy (non-hydrogen) atoms. The summed E-state index contributed by atoms with van der Waals surface area (Å²) in [7, 11) is -3.72. The zero-order valence-corrected chi connectivity index (χ0v) is 18.1. The number of hydrogen-bond acceptors (Lipinski definition) is 5. The van der Waals surface area contributed by atoms with Gasteiger partial charge in [-0.05, 0) is 37.1 Å². The average Bonchev–Trinajstić information content (AvgIpc) is 3.24. The third-order valence-electron chi connectivity index (χ3n) is 5.28. The van der Waals surface area contributed by atoms with Gasteiger partial charge in [0, 0.05) is 36.7 Å². The van der Waals surface area contributed by atoms with E-state index in [2.05, 4.69) is 15.0 Å². The first-order valence-corrected chi connectivity index (χ1v) is 11.7. The van der Waals surface area contributed by atoms with Crippen LogP contribution in [0.25, 0.3) is 0 Å². The Morgan fingerprint density at radius 1 is 1.20 bits per heavy atom. The summed E-state index contributed by atoms with van der Waals surface area (Å²) in [6, 6.07) is 7.52. The molecule has 1 aromatic carbocycles. The molecule has 2 N–H and O–H groups in total. The number of sulfonamides is 1. The van der Waals surface area contributed by atoms with E-state index in [-0.39, 0.29) is 35.4 Å². The first kappa shape index (κ1) is 22.2. The van der Waals surface area contributed by atoms with Crippen LogP contribution in [-0.4, -0.2) is 30.4 Å². The molecule has 0 unspecified atom stereocenters. The predicted molar refractivity (Wildman–Crippen MR) is 115 cm³/mol. The maximum Gasteiger partial charge on any atom is 0.253 e. The Morgan fingerprint density at radius 2 is 1.87 bits per heavy atom. The second-order valence-corrected chi connectivity index (χ2v) is 9.66. The van der Waals surface area contributed by atoms with Gasteiger partial charge < -0.3 is 5.32 Å². The fraction of sp³-hybridized carbons (Fsp3) is 0.476. The second kappa shape index (κ2) is 9.53. The predicted octanol–water partition coefficient (Wildman–Crippen LogP) is 2.47. The van der Waals surface area contributed by atoms with E-state index in [0.29, 0.717) is 11.6 Å². The van der Waals surface area contributed by atoms with Crippen molar-refractivity contribution in [3.05, 3.63) is 52.7 Å². The van der Waals surface area contributed by atoms with E-state index in [1.807, 2.05) is 0 Å². The van der Waals surface area contributed by atoms with E-state index < -0.39 is 10.0 Å². The lowest BCUT2D eigenvalue weighted by Gasteiger charge is -2.12. The van der Waals surface area contributed by atoms with Gasteiger partial charge in [0.2, 0.25) is 15.9 Å². The molecule has 162 valence electrons. The van der Waals surface area contributed by atoms with Crippen LogP contribution in [0, 0.1) is 5.92 Å². The molecule has 0 saturated heterocycles. The van der Waals surface area contributed by atoms with Crippen LogP contribution in [-0.2, 0) is 21.4 Å². The largest absolute Gasteiger partial charge is 0.326 e. The fourth-order valence-corrected chi connectivity index (χ4v) is 4.46. The minimum atomic E-state index is -3.72. The maximum absolute atomic E-state index is 12.5. The number of nitrogens with zero attached hydrogens (tertiary/aromatic N) is 2. The molecule has 3 rings (SSSR count). The van der Waals surface area contributed by atoms with Crippen LogP contribution in [0.3, 0.4) is 0 Å². The summed E-state index contributed by atoms with van der Waals surface area (Å²) in [6.45, 7) is 3.82. The summed E-state index contributed by atoms with van der Waals surface area (Å²) in [5.41, 5.74) is 1.20. The topological polar surface area (TPSA) is 110 Å². The highest BCUT2D eigenvalue weighted by atomic mass is 32.2. The van der Waals surface area contributed by atoms with Crippen molar-refractivity contribution >= 4 is 21.6 Å². The SMILES string of the molecule is CC(C)C(=O)Nc1ccc(S(=O)(=O)NCCn2cnc(C3CCCC3)cc2=O)cc1. The van der Waals surface area contributed by atoms with E-state index in [9.17, 15) is 18.0 Å². The van der Waals surface area contributed by atoms with Crippen molar-refractivity contribution in [3.63, 3.8) is 0 Å². The van der Waals surface area contributed by atoms with Crippen LogP contribution in [0.15, 0.2) is 46.3 Å². The quantitative estimate of drug-likeness (QED) is 0.666. The Labute approximate surface area is 176 Å². The lowest BCUT2D eigenvalue weighted by Crippen LogP contribution is -2.31. The monoisotopic (exact) mass is 432 g/mol. The van der Waals surface area contributed by atoms with Crippen molar-refractivity contribution in [2.45, 2.75) is 56.9 Å². The van der Waals surface area contributed by atoms with Crippen LogP contribution >= 0.6 is 0 Å². The normalized spacial score (nSPS) is 14.9. The molecule has 0 atom stereocenters. The van der Waals surface area contributed by atoms with Gasteiger partial charge in [0.1, 0.15) is 0 Å². The van der Waals surface area contributed by atoms with Crippen LogP contribution in [0.5, 0.6) is 0 Å². The number of amides is 1. The molecule has 1 fully saturated rings. The number of nitrogens with one attached hydrogen (secondary N) is 2. The number of anilines is 1. The van der Waals surface area contributed by atoms with Crippen molar-refractivity contribution in [1.82, 2.24) is 14.3 Å². The Kier molecular flexibility index (Phi) is 7.04. The number of benzene rings is 1. The van der Waals surface area contributed by atoms with E-state index in [4.69, 9.17) is 0 Å². The Hall–Kier alpha value is -2.52. The minimum absolute atomic E-state index is 0.0680. The molecule has 1 saturated carbocycles. The third kappa shape index (κ3) is 5.54. The molecule has 1 aliphatic carbocycles. The molecule has 2 aromatic rings. The van der Waals surface area contributed by atoms with Crippen molar-refractivity contribution in [2.24, 2.45) is 5.92 Å². The Morgan fingerprint density at radius 3 is 2.47 bits per heavy atom. The molecule has 9 heteroatoms. The number of aromatic nitrogens is 2. The van der Waals surface area contributed by atoms with Crippen LogP contribution in [0.1, 0.15) is 51.1 Å². The molecule has 0 radical (unpaired) electrons. The molecule has 1 aliphatic rings. The summed E-state index contributed by atoms with van der Waals surface area (Å²) in [5.74, 6) is 0.0566. The van der Waals surface area contributed by atoms with Crippen LogP contribution in [0.2, 0.25) is 0 Å². The van der Waals surface area contributed by atoms with E-state index in [1.54, 1.807) is 32.0 Å². The van der Waals surface area contributed by atoms with Gasteiger partial charge in [0.15, 0.2) is 0 Å². The number of carbonyl (C=O) groups is 1. The van der Waals surface area contributed by atoms with E-state index in [0.717, 1.165) is 18.5 Å². The molecular formula is C21H28N4O4S. The Balaban J connectivity index is 1.57. The highest BCUT2D eigenvalue weighted by molar-refractivity contribution is 7.89. The lowest BCUT2D eigenvalue weighted by molar-refractivity contribution is -0.118. The van der Waals surface area contributed by atoms with Gasteiger partial charge in [-0.1, -0.05) is 26.7 Å². The summed E-state index contributed by atoms with van der Waals surface area (Å²) < 4.78 is 28.9. The first-order valence-electron chi connectivity index (χ1n) is 10.2. The van der Waals surface area contributed by atoms with E-state index >= 15 is 0 Å². The minimum Gasteiger partial charge on any atom is -0.326 e. The van der Waals surface area contributed by atoms with E-state index in [1.165, 1.54) is 35.9 Å². The molecule has 1 amide bonds. The van der Waals surface area contributed by atoms with Gasteiger partial charge in [-0.3, -0.25) is 14.2 Å². The number of rotatable bonds is 8. The van der Waals surface area contributed by atoms with Crippen molar-refractivity contribution in [1.29, 1.82) is 0 Å². The molecule has 1 aromatic heterocycles. The molecule has 0 aliphatic heterocycles. The highest BCUT2D eigenvalue weighted by Crippen LogP contribution is 2.32. The molecular weight excluding hydrogens is 404 g/mol. The van der Waals surface area contributed by atoms with Crippen molar-refractivity contribution in [2.75, 3.05) is 11.9 Å². The standard InChI is InChI=1S/C21H28N4O4S/c1-15(2)21(27)24-17-7-9-18(10-8-17)30(28,29)23-11-12-25-14-22-19(13-20(25)26)16-5-3-4-6-16/h7-10,13-16,23H,3-6,11-12H2,1-2H3,(H,24,27). The van der Waals surface area contributed by atoms with Gasteiger partial charge >= 0.3 is 0 Å². The average molecular weight is 433 g/mol. The summed E-state index contributed by atoms with van der Waals surface area (Å²) in [4.78, 5) is 28.5. The van der Waals surface area contributed by atoms with Crippen molar-refractivity contribution < 1.29 is 13.2 Å². The first-order chi connectivity index (χ1) is 14.3. The van der Waals surface area contributed by atoms with Gasteiger partial charge in [0.25, 0.3) is 5.56 Å². The van der Waals surface area contributed by atoms with Crippen molar-refractivity contribution in [3.8, 4) is 0 Å². The number of carbonyl (C=O) groups excluding carboxylic acids is 1. The molecule has 1 heterocycles. The fourth-order valence-electron chi connectivity index (χ4n) is 3.44. The van der Waals surface area contributed by atoms with Crippen LogP contribution in [0.4, 0.5) is 5.69 Å². The van der Waals surface area contributed by atoms with Gasteiger partial charge in [-0.2, -0.15) is 0 Å². The molecule has 0 bridgehead atoms. The lowest BCUT2D eigenvalue weighted by atomic mass is 10.0. The van der Waals surface area contributed by atoms with Gasteiger partial charge in [-0.25, -0.2) is 18.1 Å². The number of hydrogen-bond donors (Lipinski definition) is 2. The maximum atomic E-state index is 12.5. The van der Waals surface area contributed by atoms with Gasteiger partial charge in [-0.15, -0.1) is 0 Å². The second-order valence-electron chi connectivity index (χ2n) is 7.89. The highest BCUT2D eigenvalue weighted by Gasteiger charge is 2.19. The zero-order chi connectivity index (χ0) is 21.7.